The molecule has 0 aliphatic carbocycles. The number of nitrogens with one attached hydrogen (secondary N) is 1. The molecule has 1 unspecified atom stereocenters. The Kier molecular flexibility index (Phi) is 6.29. The normalized spacial score (nSPS) is 13.4. The third-order valence-corrected chi connectivity index (χ3v) is 4.70. The van der Waals surface area contributed by atoms with Gasteiger partial charge >= 0.3 is 0 Å². The highest BCUT2D eigenvalue weighted by molar-refractivity contribution is 7.89. The summed E-state index contributed by atoms with van der Waals surface area (Å²) in [5.41, 5.74) is 0. The fourth-order valence-electron chi connectivity index (χ4n) is 1.59. The molecule has 0 saturated heterocycles. The van der Waals surface area contributed by atoms with Gasteiger partial charge in [-0.3, -0.25) is 0 Å². The average Bonchev–Trinajstić information content (AvgIpc) is 2.32. The molecule has 1 atom stereocenters. The van der Waals surface area contributed by atoms with Gasteiger partial charge in [0.2, 0.25) is 10.0 Å². The predicted octanol–water partition coefficient (Wildman–Crippen LogP) is 3.04. The highest BCUT2D eigenvalue weighted by Gasteiger charge is 2.24. The van der Waals surface area contributed by atoms with E-state index in [9.17, 15) is 21.6 Å². The zero-order chi connectivity index (χ0) is 15.3. The van der Waals surface area contributed by atoms with Gasteiger partial charge in [0.15, 0.2) is 4.90 Å². The molecule has 0 radical (unpaired) electrons. The standard InChI is InChI=1S/C12H15ClF3NO2S/c1-8(7-13)3-2-4-17-20(18,19)12-10(15)5-9(14)6-11(12)16/h5-6,8,17H,2-4,7H2,1H3. The molecule has 8 heteroatoms. The Morgan fingerprint density at radius 2 is 1.80 bits per heavy atom. The molecule has 1 aromatic rings. The molecule has 3 nitrogen and oxygen atoms in total. The van der Waals surface area contributed by atoms with Gasteiger partial charge in [0.1, 0.15) is 17.5 Å². The van der Waals surface area contributed by atoms with Crippen molar-refractivity contribution in [3.05, 3.63) is 29.6 Å². The van der Waals surface area contributed by atoms with Crippen molar-refractivity contribution in [3.8, 4) is 0 Å². The Bertz CT molecular complexity index is 543. The van der Waals surface area contributed by atoms with Crippen LogP contribution in [-0.4, -0.2) is 20.8 Å². The smallest absolute Gasteiger partial charge is 0.211 e. The quantitative estimate of drug-likeness (QED) is 0.617. The SMILES string of the molecule is CC(CCl)CCCNS(=O)(=O)c1c(F)cc(F)cc1F. The van der Waals surface area contributed by atoms with Gasteiger partial charge in [-0.05, 0) is 18.8 Å². The predicted molar refractivity (Wildman–Crippen MR) is 70.6 cm³/mol. The van der Waals surface area contributed by atoms with E-state index >= 15 is 0 Å². The van der Waals surface area contributed by atoms with Crippen molar-refractivity contribution >= 4 is 21.6 Å². The Morgan fingerprint density at radius 1 is 1.25 bits per heavy atom. The number of sulfonamides is 1. The second-order valence-electron chi connectivity index (χ2n) is 4.50. The lowest BCUT2D eigenvalue weighted by molar-refractivity contribution is 0.491. The second-order valence-corrected chi connectivity index (χ2v) is 6.51. The molecule has 0 aromatic heterocycles. The molecule has 0 saturated carbocycles. The van der Waals surface area contributed by atoms with E-state index in [4.69, 9.17) is 11.6 Å². The van der Waals surface area contributed by atoms with Gasteiger partial charge in [-0.25, -0.2) is 26.3 Å². The van der Waals surface area contributed by atoms with Crippen molar-refractivity contribution in [1.29, 1.82) is 0 Å². The summed E-state index contributed by atoms with van der Waals surface area (Å²) in [6, 6.07) is 0.653. The zero-order valence-corrected chi connectivity index (χ0v) is 12.4. The summed E-state index contributed by atoms with van der Waals surface area (Å²) in [5, 5.41) is 0. The summed E-state index contributed by atoms with van der Waals surface area (Å²) in [6.45, 7) is 1.93. The van der Waals surface area contributed by atoms with Crippen LogP contribution in [0.4, 0.5) is 13.2 Å². The summed E-state index contributed by atoms with van der Waals surface area (Å²) in [5.74, 6) is -3.41. The molecule has 1 rings (SSSR count). The Balaban J connectivity index is 2.75. The molecular weight excluding hydrogens is 315 g/mol. The van der Waals surface area contributed by atoms with Crippen LogP contribution in [0.25, 0.3) is 0 Å². The van der Waals surface area contributed by atoms with Crippen LogP contribution in [0.2, 0.25) is 0 Å². The first kappa shape index (κ1) is 17.3. The van der Waals surface area contributed by atoms with E-state index in [0.717, 1.165) is 0 Å². The molecule has 0 spiro atoms. The fraction of sp³-hybridized carbons (Fsp3) is 0.500. The first-order valence-electron chi connectivity index (χ1n) is 5.98. The fourth-order valence-corrected chi connectivity index (χ4v) is 2.94. The minimum absolute atomic E-state index is 0.0276. The second kappa shape index (κ2) is 7.28. The van der Waals surface area contributed by atoms with E-state index in [1.165, 1.54) is 0 Å². The Morgan fingerprint density at radius 3 is 2.30 bits per heavy atom. The van der Waals surface area contributed by atoms with Gasteiger partial charge in [0.25, 0.3) is 0 Å². The summed E-state index contributed by atoms with van der Waals surface area (Å²) >= 11 is 5.60. The lowest BCUT2D eigenvalue weighted by Crippen LogP contribution is -2.27. The summed E-state index contributed by atoms with van der Waals surface area (Å²) < 4.78 is 65.1. The number of hydrogen-bond donors (Lipinski definition) is 1. The minimum atomic E-state index is -4.34. The van der Waals surface area contributed by atoms with E-state index in [1.54, 1.807) is 0 Å². The molecule has 1 N–H and O–H groups in total. The largest absolute Gasteiger partial charge is 0.246 e. The molecule has 0 aliphatic heterocycles. The first-order chi connectivity index (χ1) is 9.27. The lowest BCUT2D eigenvalue weighted by atomic mass is 10.1. The van der Waals surface area contributed by atoms with E-state index < -0.39 is 32.4 Å². The monoisotopic (exact) mass is 329 g/mol. The number of halogens is 4. The van der Waals surface area contributed by atoms with Gasteiger partial charge in [-0.2, -0.15) is 0 Å². The van der Waals surface area contributed by atoms with Gasteiger partial charge in [-0.15, -0.1) is 11.6 Å². The van der Waals surface area contributed by atoms with E-state index in [0.29, 0.717) is 30.9 Å². The van der Waals surface area contributed by atoms with Crippen LogP contribution in [0.15, 0.2) is 17.0 Å². The highest BCUT2D eigenvalue weighted by Crippen LogP contribution is 2.20. The number of rotatable bonds is 7. The van der Waals surface area contributed by atoms with Crippen LogP contribution >= 0.6 is 11.6 Å². The van der Waals surface area contributed by atoms with Gasteiger partial charge in [-0.1, -0.05) is 6.92 Å². The number of alkyl halides is 1. The molecule has 1 aromatic carbocycles. The number of benzene rings is 1. The minimum Gasteiger partial charge on any atom is -0.211 e. The lowest BCUT2D eigenvalue weighted by Gasteiger charge is -2.10. The maximum absolute atomic E-state index is 13.4. The summed E-state index contributed by atoms with van der Waals surface area (Å²) in [6.07, 6.45) is 1.16. The van der Waals surface area contributed by atoms with Crippen LogP contribution in [0.3, 0.4) is 0 Å². The van der Waals surface area contributed by atoms with Crippen LogP contribution < -0.4 is 4.72 Å². The van der Waals surface area contributed by atoms with Crippen molar-refractivity contribution in [2.24, 2.45) is 5.92 Å². The summed E-state index contributed by atoms with van der Waals surface area (Å²) in [7, 11) is -4.34. The first-order valence-corrected chi connectivity index (χ1v) is 8.00. The van der Waals surface area contributed by atoms with Crippen LogP contribution in [0, 0.1) is 23.4 Å². The van der Waals surface area contributed by atoms with Gasteiger partial charge < -0.3 is 0 Å². The number of hydrogen-bond acceptors (Lipinski definition) is 2. The molecule has 0 bridgehead atoms. The zero-order valence-electron chi connectivity index (χ0n) is 10.8. The van der Waals surface area contributed by atoms with Crippen LogP contribution in [0.1, 0.15) is 19.8 Å². The van der Waals surface area contributed by atoms with Crippen molar-refractivity contribution < 1.29 is 21.6 Å². The van der Waals surface area contributed by atoms with Crippen LogP contribution in [-0.2, 0) is 10.0 Å². The molecule has 114 valence electrons. The molecule has 0 fully saturated rings. The molecule has 0 amide bonds. The van der Waals surface area contributed by atoms with E-state index in [1.807, 2.05) is 6.92 Å². The topological polar surface area (TPSA) is 46.2 Å². The highest BCUT2D eigenvalue weighted by atomic mass is 35.5. The third-order valence-electron chi connectivity index (χ3n) is 2.66. The van der Waals surface area contributed by atoms with E-state index in [-0.39, 0.29) is 12.5 Å². The van der Waals surface area contributed by atoms with E-state index in [2.05, 4.69) is 4.72 Å². The Hall–Kier alpha value is -0.790. The Labute approximate surface area is 121 Å². The maximum Gasteiger partial charge on any atom is 0.246 e. The van der Waals surface area contributed by atoms with Crippen molar-refractivity contribution in [3.63, 3.8) is 0 Å². The van der Waals surface area contributed by atoms with Crippen molar-refractivity contribution in [2.75, 3.05) is 12.4 Å². The molecular formula is C12H15ClF3NO2S. The van der Waals surface area contributed by atoms with Crippen molar-refractivity contribution in [1.82, 2.24) is 4.72 Å². The third kappa shape index (κ3) is 4.64. The van der Waals surface area contributed by atoms with Crippen molar-refractivity contribution in [2.45, 2.75) is 24.7 Å². The maximum atomic E-state index is 13.4. The van der Waals surface area contributed by atoms with Gasteiger partial charge in [0, 0.05) is 24.6 Å². The molecule has 0 aliphatic rings. The average molecular weight is 330 g/mol. The molecule has 20 heavy (non-hydrogen) atoms. The van der Waals surface area contributed by atoms with Crippen LogP contribution in [0.5, 0.6) is 0 Å². The summed E-state index contributed by atoms with van der Waals surface area (Å²) in [4.78, 5) is -1.16. The molecule has 0 heterocycles. The van der Waals surface area contributed by atoms with Gasteiger partial charge in [0.05, 0.1) is 0 Å².